The van der Waals surface area contributed by atoms with Gasteiger partial charge in [-0.25, -0.2) is 0 Å². The normalized spacial score (nSPS) is 16.6. The highest BCUT2D eigenvalue weighted by Crippen LogP contribution is 2.40. The number of rotatable bonds is 12. The molecule has 1 aromatic rings. The zero-order chi connectivity index (χ0) is 24.0. The number of ketones is 1. The van der Waals surface area contributed by atoms with Crippen molar-refractivity contribution in [1.82, 2.24) is 0 Å². The van der Waals surface area contributed by atoms with Crippen LogP contribution in [0.2, 0.25) is 18.1 Å². The van der Waals surface area contributed by atoms with Gasteiger partial charge >= 0.3 is 0 Å². The van der Waals surface area contributed by atoms with E-state index in [9.17, 15) is 4.79 Å². The molecule has 0 unspecified atom stereocenters. The van der Waals surface area contributed by atoms with Crippen molar-refractivity contribution in [2.45, 2.75) is 98.8 Å². The highest BCUT2D eigenvalue weighted by atomic mass is 28.4. The minimum absolute atomic E-state index is 0.0360. The maximum Gasteiger partial charge on any atom is 0.192 e. The fourth-order valence-corrected chi connectivity index (χ4v) is 5.25. The number of carbonyl (C=O) groups excluding carboxylic acids is 1. The highest BCUT2D eigenvalue weighted by Gasteiger charge is 2.43. The molecule has 0 saturated heterocycles. The first kappa shape index (κ1) is 27.9. The average molecular weight is 451 g/mol. The number of ether oxygens (including phenoxy) is 2. The lowest BCUT2D eigenvalue weighted by Gasteiger charge is -2.44. The minimum Gasteiger partial charge on any atom is -0.497 e. The topological polar surface area (TPSA) is 44.8 Å². The molecule has 0 heterocycles. The summed E-state index contributed by atoms with van der Waals surface area (Å²) in [4.78, 5) is 12.7. The van der Waals surface area contributed by atoms with Crippen molar-refractivity contribution < 1.29 is 18.7 Å². The zero-order valence-electron chi connectivity index (χ0n) is 21.7. The quantitative estimate of drug-likeness (QED) is 0.326. The van der Waals surface area contributed by atoms with Gasteiger partial charge in [-0.2, -0.15) is 0 Å². The monoisotopic (exact) mass is 450 g/mol. The summed E-state index contributed by atoms with van der Waals surface area (Å²) < 4.78 is 18.6. The van der Waals surface area contributed by atoms with Crippen LogP contribution >= 0.6 is 0 Å². The second kappa shape index (κ2) is 11.6. The van der Waals surface area contributed by atoms with Crippen LogP contribution in [0.4, 0.5) is 0 Å². The standard InChI is InChI=1S/C26H46O4Si/c1-12-23(27)19(4)25(29-17-21-13-15-22(28-9)16-14-21)20(5)24(18(2)3)30-31(10,11)26(6,7)8/h13-16,18-20,24-25H,12,17H2,1-11H3/t19-,20+,24+,25-/m1/s1. The Labute approximate surface area is 192 Å². The largest absolute Gasteiger partial charge is 0.497 e. The van der Waals surface area contributed by atoms with Gasteiger partial charge in [-0.15, -0.1) is 0 Å². The van der Waals surface area contributed by atoms with Crippen LogP contribution < -0.4 is 4.74 Å². The Kier molecular flexibility index (Phi) is 10.4. The molecule has 0 amide bonds. The van der Waals surface area contributed by atoms with Crippen LogP contribution in [-0.4, -0.2) is 33.4 Å². The maximum absolute atomic E-state index is 12.7. The molecular weight excluding hydrogens is 404 g/mol. The van der Waals surface area contributed by atoms with E-state index in [4.69, 9.17) is 13.9 Å². The number of methoxy groups -OCH3 is 1. The zero-order valence-corrected chi connectivity index (χ0v) is 22.7. The molecule has 178 valence electrons. The molecule has 0 aliphatic heterocycles. The third-order valence-corrected chi connectivity index (χ3v) is 11.4. The van der Waals surface area contributed by atoms with E-state index in [2.05, 4.69) is 54.6 Å². The van der Waals surface area contributed by atoms with E-state index in [1.807, 2.05) is 38.1 Å². The SMILES string of the molecule is CCC(=O)[C@@H](C)[C@@H](OCc1ccc(OC)cc1)[C@@H](C)[C@@H](O[Si](C)(C)C(C)(C)C)C(C)C. The molecule has 4 atom stereocenters. The third kappa shape index (κ3) is 7.72. The molecule has 0 saturated carbocycles. The summed E-state index contributed by atoms with van der Waals surface area (Å²) in [7, 11) is -0.299. The molecule has 0 fully saturated rings. The van der Waals surface area contributed by atoms with E-state index < -0.39 is 8.32 Å². The number of hydrogen-bond donors (Lipinski definition) is 0. The van der Waals surface area contributed by atoms with Gasteiger partial charge in [-0.1, -0.05) is 67.5 Å². The summed E-state index contributed by atoms with van der Waals surface area (Å²) in [5.41, 5.74) is 1.07. The number of carbonyl (C=O) groups is 1. The predicted octanol–water partition coefficient (Wildman–Crippen LogP) is 6.88. The van der Waals surface area contributed by atoms with E-state index >= 15 is 0 Å². The first-order valence-corrected chi connectivity index (χ1v) is 14.6. The average Bonchev–Trinajstić information content (AvgIpc) is 2.70. The Balaban J connectivity index is 3.13. The second-order valence-corrected chi connectivity index (χ2v) is 15.4. The second-order valence-electron chi connectivity index (χ2n) is 10.7. The molecule has 0 N–H and O–H groups in total. The summed E-state index contributed by atoms with van der Waals surface area (Å²) in [5.74, 6) is 1.31. The fraction of sp³-hybridized carbons (Fsp3) is 0.731. The summed E-state index contributed by atoms with van der Waals surface area (Å²) in [6.45, 7) is 22.4. The van der Waals surface area contributed by atoms with Crippen molar-refractivity contribution in [3.05, 3.63) is 29.8 Å². The van der Waals surface area contributed by atoms with Gasteiger partial charge in [-0.05, 0) is 41.7 Å². The molecule has 4 nitrogen and oxygen atoms in total. The summed E-state index contributed by atoms with van der Waals surface area (Å²) in [5, 5.41) is 0.129. The number of Topliss-reactive ketones (excluding diaryl/α,β-unsaturated/α-hetero) is 1. The number of benzene rings is 1. The minimum atomic E-state index is -1.96. The smallest absolute Gasteiger partial charge is 0.192 e. The van der Waals surface area contributed by atoms with Crippen molar-refractivity contribution in [2.75, 3.05) is 7.11 Å². The van der Waals surface area contributed by atoms with Gasteiger partial charge in [0.2, 0.25) is 0 Å². The van der Waals surface area contributed by atoms with Gasteiger partial charge in [0.05, 0.1) is 25.9 Å². The van der Waals surface area contributed by atoms with E-state index in [0.29, 0.717) is 18.9 Å². The molecule has 0 aromatic heterocycles. The van der Waals surface area contributed by atoms with Gasteiger partial charge in [0.1, 0.15) is 11.5 Å². The van der Waals surface area contributed by atoms with Crippen molar-refractivity contribution in [3.8, 4) is 5.75 Å². The molecule has 0 spiro atoms. The highest BCUT2D eigenvalue weighted by molar-refractivity contribution is 6.74. The molecule has 1 aromatic carbocycles. The molecule has 5 heteroatoms. The Hall–Kier alpha value is -1.17. The van der Waals surface area contributed by atoms with Crippen molar-refractivity contribution in [1.29, 1.82) is 0 Å². The van der Waals surface area contributed by atoms with E-state index in [1.165, 1.54) is 0 Å². The predicted molar refractivity (Wildman–Crippen MR) is 132 cm³/mol. The van der Waals surface area contributed by atoms with Crippen molar-refractivity contribution >= 4 is 14.1 Å². The van der Waals surface area contributed by atoms with E-state index in [1.54, 1.807) is 7.11 Å². The van der Waals surface area contributed by atoms with Crippen molar-refractivity contribution in [2.24, 2.45) is 17.8 Å². The lowest BCUT2D eigenvalue weighted by molar-refractivity contribution is -0.133. The summed E-state index contributed by atoms with van der Waals surface area (Å²) >= 11 is 0. The maximum atomic E-state index is 12.7. The Morgan fingerprint density at radius 2 is 1.55 bits per heavy atom. The van der Waals surface area contributed by atoms with Gasteiger partial charge in [0.25, 0.3) is 0 Å². The van der Waals surface area contributed by atoms with Crippen LogP contribution in [0.3, 0.4) is 0 Å². The number of hydrogen-bond acceptors (Lipinski definition) is 4. The summed E-state index contributed by atoms with van der Waals surface area (Å²) in [6.07, 6.45) is 0.353. The first-order chi connectivity index (χ1) is 14.2. The van der Waals surface area contributed by atoms with Crippen LogP contribution in [0.1, 0.15) is 67.4 Å². The Bertz CT molecular complexity index is 676. The van der Waals surface area contributed by atoms with Crippen LogP contribution in [0.5, 0.6) is 5.75 Å². The molecule has 0 bridgehead atoms. The third-order valence-electron chi connectivity index (χ3n) is 6.88. The first-order valence-electron chi connectivity index (χ1n) is 11.7. The van der Waals surface area contributed by atoms with Crippen LogP contribution in [0.15, 0.2) is 24.3 Å². The lowest BCUT2D eigenvalue weighted by Crippen LogP contribution is -2.50. The lowest BCUT2D eigenvalue weighted by atomic mass is 9.82. The molecule has 0 aliphatic carbocycles. The van der Waals surface area contributed by atoms with Crippen LogP contribution in [-0.2, 0) is 20.6 Å². The summed E-state index contributed by atoms with van der Waals surface area (Å²) in [6, 6.07) is 7.91. The molecule has 0 aliphatic rings. The van der Waals surface area contributed by atoms with E-state index in [-0.39, 0.29) is 34.9 Å². The van der Waals surface area contributed by atoms with Crippen molar-refractivity contribution in [3.63, 3.8) is 0 Å². The fourth-order valence-electron chi connectivity index (χ4n) is 3.73. The Morgan fingerprint density at radius 1 is 1.00 bits per heavy atom. The van der Waals surface area contributed by atoms with Gasteiger partial charge < -0.3 is 13.9 Å². The molecule has 0 radical (unpaired) electrons. The van der Waals surface area contributed by atoms with Gasteiger partial charge in [0.15, 0.2) is 8.32 Å². The van der Waals surface area contributed by atoms with Gasteiger partial charge in [-0.3, -0.25) is 4.79 Å². The molecular formula is C26H46O4Si. The molecule has 1 rings (SSSR count). The van der Waals surface area contributed by atoms with Crippen LogP contribution in [0, 0.1) is 17.8 Å². The van der Waals surface area contributed by atoms with Crippen LogP contribution in [0.25, 0.3) is 0 Å². The molecule has 31 heavy (non-hydrogen) atoms. The Morgan fingerprint density at radius 3 is 1.97 bits per heavy atom. The van der Waals surface area contributed by atoms with Gasteiger partial charge in [0, 0.05) is 18.3 Å². The van der Waals surface area contributed by atoms with E-state index in [0.717, 1.165) is 11.3 Å².